The zero-order chi connectivity index (χ0) is 31.0. The van der Waals surface area contributed by atoms with Crippen molar-refractivity contribution in [1.82, 2.24) is 0 Å². The quantitative estimate of drug-likeness (QED) is 0.211. The summed E-state index contributed by atoms with van der Waals surface area (Å²) in [5, 5.41) is 20.5. The van der Waals surface area contributed by atoms with E-state index in [9.17, 15) is 15.0 Å². The Hall–Kier alpha value is -1.72. The number of carbonyl (C=O) groups excluding carboxylic acids is 1. The molecule has 0 bridgehead atoms. The molecule has 5 saturated carbocycles. The molecule has 5 nitrogen and oxygen atoms in total. The molecule has 5 heteroatoms. The Balaban J connectivity index is 1.24. The Morgan fingerprint density at radius 1 is 0.930 bits per heavy atom. The molecule has 10 atom stereocenters. The van der Waals surface area contributed by atoms with Crippen LogP contribution in [-0.4, -0.2) is 28.9 Å². The van der Waals surface area contributed by atoms with Gasteiger partial charge < -0.3 is 14.9 Å². The molecule has 5 aliphatic rings. The van der Waals surface area contributed by atoms with Gasteiger partial charge in [0.25, 0.3) is 0 Å². The number of nitrogens with zero attached hydrogens (tertiary/aromatic N) is 1. The second-order valence-electron chi connectivity index (χ2n) is 17.0. The predicted molar refractivity (Wildman–Crippen MR) is 168 cm³/mol. The van der Waals surface area contributed by atoms with E-state index in [1.807, 2.05) is 24.4 Å². The molecule has 0 radical (unpaired) electrons. The summed E-state index contributed by atoms with van der Waals surface area (Å²) in [7, 11) is 0. The SMILES string of the molecule is C=C(C)[C@@H]1CCC2(CO)CC[C@]3(C)C(CCC4[C@@]5(C)CCC(OC(=O)C[n+]6ccccc6CO)C(C)(C)C5CC[C@]43C)C12. The molecule has 238 valence electrons. The summed E-state index contributed by atoms with van der Waals surface area (Å²) in [6.07, 6.45) is 13.5. The van der Waals surface area contributed by atoms with Gasteiger partial charge in [-0.2, -0.15) is 4.57 Å². The second-order valence-corrected chi connectivity index (χ2v) is 17.0. The van der Waals surface area contributed by atoms with E-state index >= 15 is 0 Å². The Bertz CT molecular complexity index is 1260. The molecule has 6 rings (SSSR count). The third-order valence-corrected chi connectivity index (χ3v) is 15.3. The number of pyridine rings is 1. The van der Waals surface area contributed by atoms with Crippen molar-refractivity contribution in [3.05, 3.63) is 42.2 Å². The standard InChI is InChI=1S/C38H58NO4/c1-25(2)27-13-18-38(24-41)20-19-36(6)28(33(27)38)11-12-30-35(5)16-15-31(34(3,4)29(35)14-17-37(30,36)7)43-32(42)22-39-21-9-8-10-26(39)23-40/h8-10,21,27-31,33,40-41H,1,11-20,22-24H2,2-7H3/q+1/t27-,28?,29?,30?,31?,33?,35-,36+,37+,38?/m0/s1. The molecule has 2 N–H and O–H groups in total. The maximum Gasteiger partial charge on any atom is 0.372 e. The first-order chi connectivity index (χ1) is 20.3. The molecular formula is C38H58NO4+. The number of hydrogen-bond acceptors (Lipinski definition) is 4. The van der Waals surface area contributed by atoms with Crippen LogP contribution in [0.5, 0.6) is 0 Å². The molecular weight excluding hydrogens is 534 g/mol. The molecule has 0 spiro atoms. The molecule has 1 aromatic rings. The highest BCUT2D eigenvalue weighted by Crippen LogP contribution is 2.77. The van der Waals surface area contributed by atoms with Gasteiger partial charge >= 0.3 is 5.97 Å². The van der Waals surface area contributed by atoms with Gasteiger partial charge in [0.05, 0.1) is 0 Å². The molecule has 0 aromatic carbocycles. The van der Waals surface area contributed by atoms with Gasteiger partial charge in [-0.3, -0.25) is 0 Å². The van der Waals surface area contributed by atoms with E-state index < -0.39 is 0 Å². The van der Waals surface area contributed by atoms with E-state index in [1.54, 1.807) is 4.57 Å². The van der Waals surface area contributed by atoms with Gasteiger partial charge in [-0.25, -0.2) is 4.79 Å². The zero-order valence-corrected chi connectivity index (χ0v) is 27.8. The fourth-order valence-electron chi connectivity index (χ4n) is 12.9. The average molecular weight is 593 g/mol. The first-order valence-electron chi connectivity index (χ1n) is 17.3. The van der Waals surface area contributed by atoms with Crippen molar-refractivity contribution in [3.63, 3.8) is 0 Å². The maximum atomic E-state index is 13.2. The van der Waals surface area contributed by atoms with Gasteiger partial charge in [0, 0.05) is 24.2 Å². The van der Waals surface area contributed by atoms with E-state index in [2.05, 4.69) is 48.1 Å². The van der Waals surface area contributed by atoms with Crippen LogP contribution in [0.15, 0.2) is 36.5 Å². The van der Waals surface area contributed by atoms with Crippen LogP contribution in [0.25, 0.3) is 0 Å². The molecule has 0 saturated heterocycles. The summed E-state index contributed by atoms with van der Waals surface area (Å²) in [6, 6.07) is 5.61. The van der Waals surface area contributed by atoms with Crippen LogP contribution in [0.3, 0.4) is 0 Å². The predicted octanol–water partition coefficient (Wildman–Crippen LogP) is 7.03. The number of hydrogen-bond donors (Lipinski definition) is 2. The number of esters is 1. The van der Waals surface area contributed by atoms with Crippen molar-refractivity contribution in [2.24, 2.45) is 56.7 Å². The summed E-state index contributed by atoms with van der Waals surface area (Å²) in [5.41, 5.74) is 2.82. The fourth-order valence-corrected chi connectivity index (χ4v) is 12.9. The van der Waals surface area contributed by atoms with Crippen LogP contribution < -0.4 is 4.57 Å². The number of aromatic nitrogens is 1. The second kappa shape index (κ2) is 10.7. The monoisotopic (exact) mass is 592 g/mol. The minimum Gasteiger partial charge on any atom is -0.457 e. The van der Waals surface area contributed by atoms with Crippen molar-refractivity contribution < 1.29 is 24.3 Å². The number of allylic oxidation sites excluding steroid dienone is 1. The molecule has 0 amide bonds. The first-order valence-corrected chi connectivity index (χ1v) is 17.3. The lowest BCUT2D eigenvalue weighted by Gasteiger charge is -2.73. The minimum absolute atomic E-state index is 0.0917. The molecule has 1 aromatic heterocycles. The minimum atomic E-state index is -0.209. The molecule has 1 heterocycles. The molecule has 43 heavy (non-hydrogen) atoms. The number of aliphatic hydroxyl groups is 2. The first kappa shape index (κ1) is 31.3. The number of aliphatic hydroxyl groups excluding tert-OH is 2. The van der Waals surface area contributed by atoms with Crippen molar-refractivity contribution in [3.8, 4) is 0 Å². The third kappa shape index (κ3) is 4.44. The maximum absolute atomic E-state index is 13.2. The Morgan fingerprint density at radius 2 is 1.70 bits per heavy atom. The summed E-state index contributed by atoms with van der Waals surface area (Å²) >= 11 is 0. The summed E-state index contributed by atoms with van der Waals surface area (Å²) < 4.78 is 8.10. The van der Waals surface area contributed by atoms with E-state index in [1.165, 1.54) is 44.1 Å². The molecule has 5 fully saturated rings. The Kier molecular flexibility index (Phi) is 7.77. The average Bonchev–Trinajstić information content (AvgIpc) is 3.36. The normalized spacial score (nSPS) is 44.8. The van der Waals surface area contributed by atoms with Crippen LogP contribution in [0.1, 0.15) is 111 Å². The van der Waals surface area contributed by atoms with Crippen molar-refractivity contribution in [2.45, 2.75) is 125 Å². The van der Waals surface area contributed by atoms with Crippen LogP contribution >= 0.6 is 0 Å². The van der Waals surface area contributed by atoms with Crippen LogP contribution in [0, 0.1) is 56.7 Å². The van der Waals surface area contributed by atoms with Crippen molar-refractivity contribution >= 4 is 5.97 Å². The summed E-state index contributed by atoms with van der Waals surface area (Å²) in [5.74, 6) is 2.74. The van der Waals surface area contributed by atoms with Gasteiger partial charge in [0.1, 0.15) is 12.7 Å². The Morgan fingerprint density at radius 3 is 2.40 bits per heavy atom. The van der Waals surface area contributed by atoms with E-state index in [-0.39, 0.29) is 52.3 Å². The summed E-state index contributed by atoms with van der Waals surface area (Å²) in [4.78, 5) is 13.2. The van der Waals surface area contributed by atoms with Gasteiger partial charge in [-0.05, 0) is 122 Å². The van der Waals surface area contributed by atoms with Gasteiger partial charge in [-0.1, -0.05) is 52.8 Å². The van der Waals surface area contributed by atoms with Gasteiger partial charge in [0.2, 0.25) is 12.2 Å². The van der Waals surface area contributed by atoms with Gasteiger partial charge in [0.15, 0.2) is 6.20 Å². The molecule has 5 aliphatic carbocycles. The number of fused-ring (bicyclic) bond motifs is 7. The number of carbonyl (C=O) groups is 1. The highest BCUT2D eigenvalue weighted by molar-refractivity contribution is 5.68. The largest absolute Gasteiger partial charge is 0.457 e. The lowest BCUT2D eigenvalue weighted by atomic mass is 9.32. The van der Waals surface area contributed by atoms with E-state index in [0.717, 1.165) is 31.4 Å². The highest BCUT2D eigenvalue weighted by atomic mass is 16.5. The summed E-state index contributed by atoms with van der Waals surface area (Å²) in [6.45, 7) is 19.7. The van der Waals surface area contributed by atoms with Crippen molar-refractivity contribution in [2.75, 3.05) is 6.61 Å². The number of rotatable bonds is 6. The van der Waals surface area contributed by atoms with Crippen LogP contribution in [-0.2, 0) is 22.7 Å². The molecule has 6 unspecified atom stereocenters. The lowest BCUT2D eigenvalue weighted by molar-refractivity contribution is -0.695. The fraction of sp³-hybridized carbons (Fsp3) is 0.789. The number of ether oxygens (including phenoxy) is 1. The third-order valence-electron chi connectivity index (χ3n) is 15.3. The van der Waals surface area contributed by atoms with Crippen molar-refractivity contribution in [1.29, 1.82) is 0 Å². The smallest absolute Gasteiger partial charge is 0.372 e. The highest BCUT2D eigenvalue weighted by Gasteiger charge is 2.71. The molecule has 0 aliphatic heterocycles. The van der Waals surface area contributed by atoms with Crippen LogP contribution in [0.4, 0.5) is 0 Å². The lowest BCUT2D eigenvalue weighted by Crippen LogP contribution is -2.67. The van der Waals surface area contributed by atoms with E-state index in [0.29, 0.717) is 36.2 Å². The topological polar surface area (TPSA) is 70.6 Å². The zero-order valence-electron chi connectivity index (χ0n) is 27.8. The van der Waals surface area contributed by atoms with Gasteiger partial charge in [-0.15, -0.1) is 0 Å². The van der Waals surface area contributed by atoms with E-state index in [4.69, 9.17) is 4.74 Å². The Labute approximate surface area is 260 Å². The van der Waals surface area contributed by atoms with Crippen LogP contribution in [0.2, 0.25) is 0 Å².